The minimum absolute atomic E-state index is 0.518. The highest BCUT2D eigenvalue weighted by Gasteiger charge is 2.25. The summed E-state index contributed by atoms with van der Waals surface area (Å²) in [6.45, 7) is 2.25. The molecule has 3 aromatic rings. The molecule has 1 aliphatic rings. The Morgan fingerprint density at radius 2 is 1.60 bits per heavy atom. The average molecular weight is 260 g/mol. The van der Waals surface area contributed by atoms with Gasteiger partial charge in [0.1, 0.15) is 6.54 Å². The fourth-order valence-electron chi connectivity index (χ4n) is 3.43. The summed E-state index contributed by atoms with van der Waals surface area (Å²) in [5, 5.41) is 5.21. The molecule has 1 atom stereocenters. The number of quaternary nitrogens is 1. The van der Waals surface area contributed by atoms with Crippen LogP contribution in [0.15, 0.2) is 66.7 Å². The van der Waals surface area contributed by atoms with E-state index in [0.717, 1.165) is 13.1 Å². The van der Waals surface area contributed by atoms with Crippen molar-refractivity contribution in [1.82, 2.24) is 0 Å². The van der Waals surface area contributed by atoms with Crippen LogP contribution in [0.1, 0.15) is 22.6 Å². The normalized spacial score (nSPS) is 17.9. The Morgan fingerprint density at radius 1 is 0.800 bits per heavy atom. The van der Waals surface area contributed by atoms with E-state index in [-0.39, 0.29) is 0 Å². The lowest BCUT2D eigenvalue weighted by Gasteiger charge is -2.25. The fraction of sp³-hybridized carbons (Fsp3) is 0.158. The first kappa shape index (κ1) is 11.7. The standard InChI is InChI=1S/C19H17N/c1-2-6-14(7-3-1)18-12-20-13-19-16-9-5-4-8-15(16)10-11-17(18)19/h1-11,18,20H,12-13H2/p+1/t18-/m0/s1. The van der Waals surface area contributed by atoms with Crippen molar-refractivity contribution in [2.75, 3.05) is 6.54 Å². The van der Waals surface area contributed by atoms with Gasteiger partial charge in [0.25, 0.3) is 0 Å². The lowest BCUT2D eigenvalue weighted by Crippen LogP contribution is -2.85. The van der Waals surface area contributed by atoms with Crippen molar-refractivity contribution < 1.29 is 5.32 Å². The van der Waals surface area contributed by atoms with Crippen molar-refractivity contribution in [2.24, 2.45) is 0 Å². The van der Waals surface area contributed by atoms with Gasteiger partial charge in [-0.25, -0.2) is 0 Å². The van der Waals surface area contributed by atoms with Crippen LogP contribution in [0.2, 0.25) is 0 Å². The van der Waals surface area contributed by atoms with E-state index in [1.165, 1.54) is 27.5 Å². The first-order valence-corrected chi connectivity index (χ1v) is 7.30. The Morgan fingerprint density at radius 3 is 2.50 bits per heavy atom. The number of rotatable bonds is 1. The molecule has 1 nitrogen and oxygen atoms in total. The van der Waals surface area contributed by atoms with Crippen LogP contribution in [0.25, 0.3) is 10.8 Å². The second-order valence-corrected chi connectivity index (χ2v) is 5.55. The van der Waals surface area contributed by atoms with E-state index in [9.17, 15) is 0 Å². The van der Waals surface area contributed by atoms with Gasteiger partial charge in [0.2, 0.25) is 0 Å². The summed E-state index contributed by atoms with van der Waals surface area (Å²) in [6, 6.07) is 24.2. The first-order valence-electron chi connectivity index (χ1n) is 7.30. The molecule has 0 aromatic heterocycles. The molecule has 0 bridgehead atoms. The summed E-state index contributed by atoms with van der Waals surface area (Å²) in [6.07, 6.45) is 0. The molecule has 0 saturated carbocycles. The first-order chi connectivity index (χ1) is 9.93. The molecule has 1 aliphatic heterocycles. The Labute approximate surface area is 119 Å². The van der Waals surface area contributed by atoms with E-state index < -0.39 is 0 Å². The predicted molar refractivity (Wildman–Crippen MR) is 82.7 cm³/mol. The Bertz CT molecular complexity index is 746. The molecule has 0 amide bonds. The van der Waals surface area contributed by atoms with E-state index in [1.54, 1.807) is 0 Å². The monoisotopic (exact) mass is 260 g/mol. The summed E-state index contributed by atoms with van der Waals surface area (Å²) in [4.78, 5) is 0. The van der Waals surface area contributed by atoms with E-state index in [1.807, 2.05) is 0 Å². The summed E-state index contributed by atoms with van der Waals surface area (Å²) in [5.41, 5.74) is 4.46. The molecule has 1 heterocycles. The Balaban J connectivity index is 1.92. The highest BCUT2D eigenvalue weighted by atomic mass is 14.9. The Hall–Kier alpha value is -2.12. The topological polar surface area (TPSA) is 16.6 Å². The molecule has 0 unspecified atom stereocenters. The third kappa shape index (κ3) is 1.83. The van der Waals surface area contributed by atoms with Gasteiger partial charge in [-0.1, -0.05) is 66.7 Å². The van der Waals surface area contributed by atoms with E-state index in [4.69, 9.17) is 0 Å². The lowest BCUT2D eigenvalue weighted by molar-refractivity contribution is -0.675. The molecule has 0 spiro atoms. The van der Waals surface area contributed by atoms with E-state index in [0.29, 0.717) is 5.92 Å². The van der Waals surface area contributed by atoms with Gasteiger partial charge >= 0.3 is 0 Å². The molecule has 3 aromatic carbocycles. The zero-order valence-electron chi connectivity index (χ0n) is 11.4. The van der Waals surface area contributed by atoms with Crippen LogP contribution in [-0.2, 0) is 6.54 Å². The smallest absolute Gasteiger partial charge is 0.102 e. The van der Waals surface area contributed by atoms with Gasteiger partial charge < -0.3 is 5.32 Å². The SMILES string of the molecule is c1ccc([C@@H]2C[NH2+]Cc3c2ccc2ccccc32)cc1. The molecule has 20 heavy (non-hydrogen) atoms. The van der Waals surface area contributed by atoms with Crippen molar-refractivity contribution in [3.05, 3.63) is 83.4 Å². The molecule has 0 saturated heterocycles. The fourth-order valence-corrected chi connectivity index (χ4v) is 3.43. The molecular weight excluding hydrogens is 242 g/mol. The number of hydrogen-bond donors (Lipinski definition) is 1. The van der Waals surface area contributed by atoms with Gasteiger partial charge in [0.05, 0.1) is 12.5 Å². The number of benzene rings is 3. The highest BCUT2D eigenvalue weighted by Crippen LogP contribution is 2.32. The molecule has 4 rings (SSSR count). The highest BCUT2D eigenvalue weighted by molar-refractivity contribution is 5.87. The third-order valence-corrected chi connectivity index (χ3v) is 4.41. The minimum Gasteiger partial charge on any atom is -0.342 e. The largest absolute Gasteiger partial charge is 0.342 e. The van der Waals surface area contributed by atoms with Gasteiger partial charge in [0.15, 0.2) is 0 Å². The number of fused-ring (bicyclic) bond motifs is 3. The molecule has 2 N–H and O–H groups in total. The van der Waals surface area contributed by atoms with Crippen LogP contribution < -0.4 is 5.32 Å². The molecule has 0 aliphatic carbocycles. The van der Waals surface area contributed by atoms with Crippen molar-refractivity contribution >= 4 is 10.8 Å². The molecule has 0 fully saturated rings. The quantitative estimate of drug-likeness (QED) is 0.692. The van der Waals surface area contributed by atoms with Crippen LogP contribution in [0.4, 0.5) is 0 Å². The maximum Gasteiger partial charge on any atom is 0.102 e. The van der Waals surface area contributed by atoms with Gasteiger partial charge in [-0.2, -0.15) is 0 Å². The summed E-state index contributed by atoms with van der Waals surface area (Å²) >= 11 is 0. The zero-order chi connectivity index (χ0) is 13.4. The van der Waals surface area contributed by atoms with Gasteiger partial charge in [0, 0.05) is 5.56 Å². The van der Waals surface area contributed by atoms with E-state index in [2.05, 4.69) is 72.0 Å². The van der Waals surface area contributed by atoms with Crippen molar-refractivity contribution in [3.8, 4) is 0 Å². The zero-order valence-corrected chi connectivity index (χ0v) is 11.4. The second kappa shape index (κ2) is 4.77. The van der Waals surface area contributed by atoms with E-state index >= 15 is 0 Å². The van der Waals surface area contributed by atoms with Crippen LogP contribution in [0, 0.1) is 0 Å². The van der Waals surface area contributed by atoms with Crippen LogP contribution in [0.3, 0.4) is 0 Å². The molecule has 1 heteroatoms. The average Bonchev–Trinajstić information content (AvgIpc) is 2.55. The third-order valence-electron chi connectivity index (χ3n) is 4.41. The Kier molecular flexibility index (Phi) is 2.79. The minimum atomic E-state index is 0.518. The van der Waals surface area contributed by atoms with Gasteiger partial charge in [-0.05, 0) is 21.9 Å². The number of nitrogens with two attached hydrogens (primary N) is 1. The van der Waals surface area contributed by atoms with Crippen LogP contribution in [0.5, 0.6) is 0 Å². The van der Waals surface area contributed by atoms with Gasteiger partial charge in [-0.15, -0.1) is 0 Å². The van der Waals surface area contributed by atoms with Crippen molar-refractivity contribution in [1.29, 1.82) is 0 Å². The summed E-state index contributed by atoms with van der Waals surface area (Å²) < 4.78 is 0. The van der Waals surface area contributed by atoms with Crippen LogP contribution in [-0.4, -0.2) is 6.54 Å². The maximum absolute atomic E-state index is 2.44. The van der Waals surface area contributed by atoms with Crippen molar-refractivity contribution in [2.45, 2.75) is 12.5 Å². The summed E-state index contributed by atoms with van der Waals surface area (Å²) in [7, 11) is 0. The van der Waals surface area contributed by atoms with Crippen LogP contribution >= 0.6 is 0 Å². The molecule has 98 valence electrons. The van der Waals surface area contributed by atoms with Gasteiger partial charge in [-0.3, -0.25) is 0 Å². The maximum atomic E-state index is 2.44. The molecule has 0 radical (unpaired) electrons. The molecular formula is C19H18N+. The second-order valence-electron chi connectivity index (χ2n) is 5.55. The summed E-state index contributed by atoms with van der Waals surface area (Å²) in [5.74, 6) is 0.518. The number of hydrogen-bond acceptors (Lipinski definition) is 0. The predicted octanol–water partition coefficient (Wildman–Crippen LogP) is 3.05. The lowest BCUT2D eigenvalue weighted by atomic mass is 9.83. The van der Waals surface area contributed by atoms with Crippen molar-refractivity contribution in [3.63, 3.8) is 0 Å².